The number of methoxy groups -OCH3 is 1. The van der Waals surface area contributed by atoms with Crippen LogP contribution < -0.4 is 14.2 Å². The quantitative estimate of drug-likeness (QED) is 0.318. The SMILES string of the molecule is COC(=O)CC1COc2cc(O[C@@H]3CCc4c(-c5c(C)cc(OCC6CC6)cc5C)cccc43)ccc21. The first-order chi connectivity index (χ1) is 18.0. The van der Waals surface area contributed by atoms with Gasteiger partial charge in [-0.1, -0.05) is 24.3 Å². The Kier molecular flexibility index (Phi) is 6.31. The zero-order valence-corrected chi connectivity index (χ0v) is 21.8. The Hall–Kier alpha value is -3.47. The smallest absolute Gasteiger partial charge is 0.306 e. The number of hydrogen-bond donors (Lipinski definition) is 0. The van der Waals surface area contributed by atoms with E-state index in [9.17, 15) is 4.79 Å². The highest BCUT2D eigenvalue weighted by molar-refractivity contribution is 5.76. The summed E-state index contributed by atoms with van der Waals surface area (Å²) in [5, 5.41) is 0. The van der Waals surface area contributed by atoms with E-state index < -0.39 is 0 Å². The summed E-state index contributed by atoms with van der Waals surface area (Å²) < 4.78 is 23.3. The number of hydrogen-bond acceptors (Lipinski definition) is 5. The van der Waals surface area contributed by atoms with Crippen molar-refractivity contribution in [3.8, 4) is 28.4 Å². The van der Waals surface area contributed by atoms with E-state index in [4.69, 9.17) is 18.9 Å². The van der Waals surface area contributed by atoms with Gasteiger partial charge in [0.15, 0.2) is 0 Å². The standard InChI is InChI=1S/C32H34O5/c1-19-13-24(35-17-21-7-8-21)14-20(2)32(19)28-6-4-5-27-26(28)11-12-29(27)37-23-9-10-25-22(15-31(33)34-3)18-36-30(25)16-23/h4-6,9-10,13-14,16,21-22,29H,7-8,11-12,15,17-18H2,1-3H3/t22?,29-/m1/s1. The highest BCUT2D eigenvalue weighted by atomic mass is 16.5. The van der Waals surface area contributed by atoms with Gasteiger partial charge in [-0.25, -0.2) is 0 Å². The van der Waals surface area contributed by atoms with Crippen LogP contribution in [0.15, 0.2) is 48.5 Å². The fourth-order valence-electron chi connectivity index (χ4n) is 5.85. The van der Waals surface area contributed by atoms with Crippen LogP contribution in [-0.2, 0) is 16.0 Å². The first-order valence-electron chi connectivity index (χ1n) is 13.4. The maximum atomic E-state index is 11.7. The number of benzene rings is 3. The van der Waals surface area contributed by atoms with E-state index in [1.54, 1.807) is 0 Å². The predicted molar refractivity (Wildman–Crippen MR) is 143 cm³/mol. The summed E-state index contributed by atoms with van der Waals surface area (Å²) in [6.45, 7) is 5.70. The zero-order valence-electron chi connectivity index (χ0n) is 21.8. The molecule has 3 aromatic rings. The van der Waals surface area contributed by atoms with Crippen LogP contribution in [-0.4, -0.2) is 26.3 Å². The minimum atomic E-state index is -0.217. The third kappa shape index (κ3) is 4.79. The number of aryl methyl sites for hydroxylation is 2. The van der Waals surface area contributed by atoms with Crippen LogP contribution in [0.3, 0.4) is 0 Å². The molecule has 1 unspecified atom stereocenters. The largest absolute Gasteiger partial charge is 0.493 e. The molecule has 1 fully saturated rings. The summed E-state index contributed by atoms with van der Waals surface area (Å²) in [4.78, 5) is 11.7. The molecule has 192 valence electrons. The van der Waals surface area contributed by atoms with Gasteiger partial charge in [0.2, 0.25) is 0 Å². The Morgan fingerprint density at radius 1 is 0.973 bits per heavy atom. The lowest BCUT2D eigenvalue weighted by Gasteiger charge is -2.18. The van der Waals surface area contributed by atoms with Crippen LogP contribution in [0.25, 0.3) is 11.1 Å². The second-order valence-corrected chi connectivity index (χ2v) is 10.7. The molecule has 1 saturated carbocycles. The minimum absolute atomic E-state index is 0.00188. The fraction of sp³-hybridized carbons (Fsp3) is 0.406. The number of esters is 1. The topological polar surface area (TPSA) is 54.0 Å². The van der Waals surface area contributed by atoms with Gasteiger partial charge in [0.25, 0.3) is 0 Å². The molecule has 5 nitrogen and oxygen atoms in total. The average molecular weight is 499 g/mol. The molecule has 3 aliphatic rings. The molecule has 0 aromatic heterocycles. The van der Waals surface area contributed by atoms with Gasteiger partial charge in [0, 0.05) is 17.5 Å². The van der Waals surface area contributed by atoms with E-state index in [0.717, 1.165) is 48.2 Å². The van der Waals surface area contributed by atoms with Crippen LogP contribution in [0, 0.1) is 19.8 Å². The predicted octanol–water partition coefficient (Wildman–Crippen LogP) is 6.86. The lowest BCUT2D eigenvalue weighted by atomic mass is 9.90. The molecule has 1 aliphatic heterocycles. The van der Waals surface area contributed by atoms with Gasteiger partial charge in [-0.2, -0.15) is 0 Å². The highest BCUT2D eigenvalue weighted by Gasteiger charge is 2.30. The first kappa shape index (κ1) is 23.9. The van der Waals surface area contributed by atoms with E-state index in [1.165, 1.54) is 53.3 Å². The number of ether oxygens (including phenoxy) is 4. The van der Waals surface area contributed by atoms with Crippen molar-refractivity contribution in [2.45, 2.75) is 58.0 Å². The Labute approximate surface area is 218 Å². The molecule has 3 aromatic carbocycles. The zero-order chi connectivity index (χ0) is 25.5. The Morgan fingerprint density at radius 3 is 2.54 bits per heavy atom. The molecule has 2 aliphatic carbocycles. The molecule has 2 atom stereocenters. The number of carbonyl (C=O) groups is 1. The monoisotopic (exact) mass is 498 g/mol. The molecule has 1 heterocycles. The molecular formula is C32H34O5. The van der Waals surface area contributed by atoms with Crippen molar-refractivity contribution in [3.63, 3.8) is 0 Å². The minimum Gasteiger partial charge on any atom is -0.493 e. The lowest BCUT2D eigenvalue weighted by Crippen LogP contribution is -2.09. The van der Waals surface area contributed by atoms with Crippen molar-refractivity contribution in [2.75, 3.05) is 20.3 Å². The van der Waals surface area contributed by atoms with Crippen LogP contribution in [0.1, 0.15) is 65.5 Å². The van der Waals surface area contributed by atoms with E-state index >= 15 is 0 Å². The summed E-state index contributed by atoms with van der Waals surface area (Å²) in [6, 6.07) is 16.9. The van der Waals surface area contributed by atoms with E-state index in [2.05, 4.69) is 44.2 Å². The maximum Gasteiger partial charge on any atom is 0.306 e. The Balaban J connectivity index is 1.22. The normalized spacial score (nSPS) is 19.6. The summed E-state index contributed by atoms with van der Waals surface area (Å²) in [5.74, 6) is 3.13. The summed E-state index contributed by atoms with van der Waals surface area (Å²) in [5.41, 5.74) is 8.79. The third-order valence-corrected chi connectivity index (χ3v) is 7.96. The van der Waals surface area contributed by atoms with Gasteiger partial charge >= 0.3 is 5.97 Å². The average Bonchev–Trinajstić information content (AvgIpc) is 3.52. The molecular weight excluding hydrogens is 464 g/mol. The van der Waals surface area contributed by atoms with E-state index in [0.29, 0.717) is 13.0 Å². The molecule has 0 spiro atoms. The second-order valence-electron chi connectivity index (χ2n) is 10.7. The van der Waals surface area contributed by atoms with Crippen molar-refractivity contribution in [2.24, 2.45) is 5.92 Å². The van der Waals surface area contributed by atoms with E-state index in [1.807, 2.05) is 18.2 Å². The summed E-state index contributed by atoms with van der Waals surface area (Å²) in [6.07, 6.45) is 4.85. The third-order valence-electron chi connectivity index (χ3n) is 7.96. The number of fused-ring (bicyclic) bond motifs is 2. The van der Waals surface area contributed by atoms with Crippen molar-refractivity contribution < 1.29 is 23.7 Å². The van der Waals surface area contributed by atoms with Crippen LogP contribution in [0.4, 0.5) is 0 Å². The van der Waals surface area contributed by atoms with E-state index in [-0.39, 0.29) is 18.0 Å². The van der Waals surface area contributed by atoms with Crippen molar-refractivity contribution in [1.82, 2.24) is 0 Å². The van der Waals surface area contributed by atoms with Crippen LogP contribution in [0.2, 0.25) is 0 Å². The van der Waals surface area contributed by atoms with Crippen molar-refractivity contribution in [1.29, 1.82) is 0 Å². The van der Waals surface area contributed by atoms with Gasteiger partial charge in [-0.3, -0.25) is 4.79 Å². The van der Waals surface area contributed by atoms with Gasteiger partial charge in [-0.05, 0) is 97.0 Å². The lowest BCUT2D eigenvalue weighted by molar-refractivity contribution is -0.141. The first-order valence-corrected chi connectivity index (χ1v) is 13.4. The summed E-state index contributed by atoms with van der Waals surface area (Å²) >= 11 is 0. The Morgan fingerprint density at radius 2 is 1.78 bits per heavy atom. The van der Waals surface area contributed by atoms with Crippen LogP contribution >= 0.6 is 0 Å². The maximum absolute atomic E-state index is 11.7. The molecule has 0 N–H and O–H groups in total. The molecule has 5 heteroatoms. The number of carbonyl (C=O) groups excluding carboxylic acids is 1. The van der Waals surface area contributed by atoms with Gasteiger partial charge in [-0.15, -0.1) is 0 Å². The second kappa shape index (κ2) is 9.77. The summed E-state index contributed by atoms with van der Waals surface area (Å²) in [7, 11) is 1.42. The molecule has 0 radical (unpaired) electrons. The molecule has 6 rings (SSSR count). The highest BCUT2D eigenvalue weighted by Crippen LogP contribution is 2.44. The van der Waals surface area contributed by atoms with Gasteiger partial charge in [0.1, 0.15) is 23.4 Å². The fourth-order valence-corrected chi connectivity index (χ4v) is 5.85. The molecule has 0 bridgehead atoms. The van der Waals surface area contributed by atoms with Crippen molar-refractivity contribution >= 4 is 5.97 Å². The molecule has 0 saturated heterocycles. The molecule has 37 heavy (non-hydrogen) atoms. The van der Waals surface area contributed by atoms with Gasteiger partial charge < -0.3 is 18.9 Å². The van der Waals surface area contributed by atoms with Crippen molar-refractivity contribution in [3.05, 3.63) is 76.3 Å². The number of rotatable bonds is 8. The molecule has 0 amide bonds. The Bertz CT molecular complexity index is 1320. The van der Waals surface area contributed by atoms with Gasteiger partial charge in [0.05, 0.1) is 26.7 Å². The van der Waals surface area contributed by atoms with Crippen LogP contribution in [0.5, 0.6) is 17.2 Å².